The highest BCUT2D eigenvalue weighted by molar-refractivity contribution is 9.10. The van der Waals surface area contributed by atoms with Gasteiger partial charge in [0.25, 0.3) is 10.5 Å². The SMILES string of the molecule is O=C(NCc1ccccc1)[C@@](F)(Br)[C@H](O)c1ccc(Cl)cc1. The average molecular weight is 387 g/mol. The van der Waals surface area contributed by atoms with Gasteiger partial charge in [0.05, 0.1) is 0 Å². The third-order valence-electron chi connectivity index (χ3n) is 3.13. The van der Waals surface area contributed by atoms with E-state index < -0.39 is 16.6 Å². The van der Waals surface area contributed by atoms with Crippen molar-refractivity contribution in [1.82, 2.24) is 5.32 Å². The summed E-state index contributed by atoms with van der Waals surface area (Å²) in [4.78, 5) is 12.0. The molecule has 0 heterocycles. The van der Waals surface area contributed by atoms with Crippen molar-refractivity contribution < 1.29 is 14.3 Å². The largest absolute Gasteiger partial charge is 0.384 e. The van der Waals surface area contributed by atoms with E-state index in [0.717, 1.165) is 5.56 Å². The number of amides is 1. The molecule has 0 aliphatic heterocycles. The first-order chi connectivity index (χ1) is 10.4. The number of hydrogen-bond acceptors (Lipinski definition) is 2. The van der Waals surface area contributed by atoms with Crippen molar-refractivity contribution >= 4 is 33.4 Å². The second-order valence-corrected chi connectivity index (χ2v) is 6.34. The van der Waals surface area contributed by atoms with E-state index in [4.69, 9.17) is 11.6 Å². The summed E-state index contributed by atoms with van der Waals surface area (Å²) in [6.07, 6.45) is -1.65. The zero-order valence-corrected chi connectivity index (χ0v) is 13.8. The van der Waals surface area contributed by atoms with Gasteiger partial charge in [-0.3, -0.25) is 4.79 Å². The molecule has 0 unspecified atom stereocenters. The monoisotopic (exact) mass is 385 g/mol. The summed E-state index contributed by atoms with van der Waals surface area (Å²) < 4.78 is 12.0. The first kappa shape index (κ1) is 16.9. The molecule has 6 heteroatoms. The Bertz CT molecular complexity index is 634. The molecule has 0 spiro atoms. The lowest BCUT2D eigenvalue weighted by Gasteiger charge is -2.24. The molecule has 2 atom stereocenters. The Morgan fingerprint density at radius 3 is 2.41 bits per heavy atom. The van der Waals surface area contributed by atoms with E-state index in [1.165, 1.54) is 24.3 Å². The van der Waals surface area contributed by atoms with E-state index in [0.29, 0.717) is 5.02 Å². The van der Waals surface area contributed by atoms with Crippen molar-refractivity contribution in [3.63, 3.8) is 0 Å². The molecule has 22 heavy (non-hydrogen) atoms. The molecule has 2 rings (SSSR count). The number of halogens is 3. The average Bonchev–Trinajstić information content (AvgIpc) is 2.53. The summed E-state index contributed by atoms with van der Waals surface area (Å²) in [5.41, 5.74) is 1.08. The van der Waals surface area contributed by atoms with Gasteiger partial charge in [0.2, 0.25) is 0 Å². The first-order valence-corrected chi connectivity index (χ1v) is 7.72. The van der Waals surface area contributed by atoms with Crippen molar-refractivity contribution in [3.05, 3.63) is 70.7 Å². The maximum absolute atomic E-state index is 14.6. The van der Waals surface area contributed by atoms with E-state index in [1.807, 2.05) is 30.3 Å². The van der Waals surface area contributed by atoms with Gasteiger partial charge in [-0.05, 0) is 39.2 Å². The predicted molar refractivity (Wildman–Crippen MR) is 87.5 cm³/mol. The van der Waals surface area contributed by atoms with Gasteiger partial charge in [-0.15, -0.1) is 0 Å². The van der Waals surface area contributed by atoms with Crippen LogP contribution in [0.1, 0.15) is 17.2 Å². The maximum atomic E-state index is 14.6. The molecule has 0 saturated heterocycles. The van der Waals surface area contributed by atoms with Crippen molar-refractivity contribution in [2.45, 2.75) is 17.2 Å². The van der Waals surface area contributed by atoms with Crippen molar-refractivity contribution in [1.29, 1.82) is 0 Å². The van der Waals surface area contributed by atoms with Crippen molar-refractivity contribution in [2.75, 3.05) is 0 Å². The van der Waals surface area contributed by atoms with Gasteiger partial charge in [0, 0.05) is 11.6 Å². The number of rotatable bonds is 5. The highest BCUT2D eigenvalue weighted by Gasteiger charge is 2.44. The van der Waals surface area contributed by atoms with Crippen LogP contribution in [-0.4, -0.2) is 15.6 Å². The van der Waals surface area contributed by atoms with Crippen LogP contribution in [0.4, 0.5) is 4.39 Å². The number of carbonyl (C=O) groups is 1. The predicted octanol–water partition coefficient (Wildman–Crippen LogP) is 3.75. The Morgan fingerprint density at radius 2 is 1.82 bits per heavy atom. The van der Waals surface area contributed by atoms with E-state index in [2.05, 4.69) is 21.2 Å². The lowest BCUT2D eigenvalue weighted by Crippen LogP contribution is -2.42. The minimum Gasteiger partial charge on any atom is -0.384 e. The van der Waals surface area contributed by atoms with Crippen LogP contribution < -0.4 is 5.32 Å². The minimum absolute atomic E-state index is 0.171. The van der Waals surface area contributed by atoms with Crippen LogP contribution in [-0.2, 0) is 11.3 Å². The second kappa shape index (κ2) is 7.22. The fraction of sp³-hybridized carbons (Fsp3) is 0.188. The Kier molecular flexibility index (Phi) is 5.56. The van der Waals surface area contributed by atoms with Crippen LogP contribution in [0.5, 0.6) is 0 Å². The number of carbonyl (C=O) groups excluding carboxylic acids is 1. The van der Waals surface area contributed by atoms with Crippen molar-refractivity contribution in [3.8, 4) is 0 Å². The molecule has 0 fully saturated rings. The molecule has 0 saturated carbocycles. The molecule has 1 amide bonds. The second-order valence-electron chi connectivity index (χ2n) is 4.75. The topological polar surface area (TPSA) is 49.3 Å². The number of aliphatic hydroxyl groups is 1. The third-order valence-corrected chi connectivity index (χ3v) is 4.17. The molecular weight excluding hydrogens is 373 g/mol. The summed E-state index contributed by atoms with van der Waals surface area (Å²) in [6, 6.07) is 15.1. The molecule has 0 aliphatic carbocycles. The highest BCUT2D eigenvalue weighted by atomic mass is 79.9. The van der Waals surface area contributed by atoms with Gasteiger partial charge in [-0.2, -0.15) is 0 Å². The van der Waals surface area contributed by atoms with Crippen LogP contribution in [0.15, 0.2) is 54.6 Å². The number of alkyl halides is 2. The molecule has 0 aliphatic rings. The third kappa shape index (κ3) is 4.06. The van der Waals surface area contributed by atoms with Crippen LogP contribution in [0.3, 0.4) is 0 Å². The van der Waals surface area contributed by atoms with Crippen LogP contribution >= 0.6 is 27.5 Å². The van der Waals surface area contributed by atoms with Gasteiger partial charge < -0.3 is 10.4 Å². The zero-order chi connectivity index (χ0) is 16.2. The molecular formula is C16H14BrClFNO2. The number of aliphatic hydroxyl groups excluding tert-OH is 1. The smallest absolute Gasteiger partial charge is 0.272 e. The van der Waals surface area contributed by atoms with Crippen molar-refractivity contribution in [2.24, 2.45) is 0 Å². The minimum atomic E-state index is -2.63. The summed E-state index contributed by atoms with van der Waals surface area (Å²) in [5.74, 6) is -0.946. The van der Waals surface area contributed by atoms with Crippen LogP contribution in [0, 0.1) is 0 Å². The summed E-state index contributed by atoms with van der Waals surface area (Å²) in [6.45, 7) is 0.171. The lowest BCUT2D eigenvalue weighted by molar-refractivity contribution is -0.132. The maximum Gasteiger partial charge on any atom is 0.272 e. The lowest BCUT2D eigenvalue weighted by atomic mass is 10.0. The van der Waals surface area contributed by atoms with Gasteiger partial charge in [0.15, 0.2) is 0 Å². The standard InChI is InChI=1S/C16H14BrClFNO2/c17-16(19,14(21)12-6-8-13(18)9-7-12)15(22)20-10-11-4-2-1-3-5-11/h1-9,14,21H,10H2,(H,20,22)/t14-,16-/m1/s1. The molecule has 0 radical (unpaired) electrons. The van der Waals surface area contributed by atoms with E-state index in [9.17, 15) is 14.3 Å². The Balaban J connectivity index is 2.04. The number of hydrogen-bond donors (Lipinski definition) is 2. The quantitative estimate of drug-likeness (QED) is 0.769. The van der Waals surface area contributed by atoms with E-state index >= 15 is 0 Å². The molecule has 3 nitrogen and oxygen atoms in total. The molecule has 0 aromatic heterocycles. The number of nitrogens with one attached hydrogen (secondary N) is 1. The molecule has 116 valence electrons. The molecule has 2 aromatic rings. The van der Waals surface area contributed by atoms with Crippen LogP contribution in [0.2, 0.25) is 5.02 Å². The van der Waals surface area contributed by atoms with Gasteiger partial charge >= 0.3 is 0 Å². The summed E-state index contributed by atoms with van der Waals surface area (Å²) >= 11 is 8.42. The normalized spacial score (nSPS) is 14.9. The number of benzene rings is 2. The Hall–Kier alpha value is -1.43. The van der Waals surface area contributed by atoms with Gasteiger partial charge in [0.1, 0.15) is 6.10 Å². The van der Waals surface area contributed by atoms with Crippen LogP contribution in [0.25, 0.3) is 0 Å². The summed E-state index contributed by atoms with van der Waals surface area (Å²) in [5, 5.41) is 13.0. The van der Waals surface area contributed by atoms with Gasteiger partial charge in [-0.1, -0.05) is 54.1 Å². The summed E-state index contributed by atoms with van der Waals surface area (Å²) in [7, 11) is 0. The Labute approximate surface area is 141 Å². The molecule has 2 N–H and O–H groups in total. The Morgan fingerprint density at radius 1 is 1.23 bits per heavy atom. The molecule has 2 aromatic carbocycles. The fourth-order valence-corrected chi connectivity index (χ4v) is 2.41. The van der Waals surface area contributed by atoms with E-state index in [1.54, 1.807) is 0 Å². The molecule has 0 bridgehead atoms. The van der Waals surface area contributed by atoms with E-state index in [-0.39, 0.29) is 12.1 Å². The highest BCUT2D eigenvalue weighted by Crippen LogP contribution is 2.36. The first-order valence-electron chi connectivity index (χ1n) is 6.55. The zero-order valence-electron chi connectivity index (χ0n) is 11.5. The van der Waals surface area contributed by atoms with Gasteiger partial charge in [-0.25, -0.2) is 4.39 Å². The fourth-order valence-electron chi connectivity index (χ4n) is 1.87.